The SMILES string of the molecule is C=CC(=O)N[C@H]1CCC[C@H]1NC(=O)C1=C2NC(=O)N(c3cccc(-c4ccccc4)c3)C3CCNC(S1)C23. The molecule has 3 heterocycles. The fourth-order valence-corrected chi connectivity index (χ4v) is 7.57. The van der Waals surface area contributed by atoms with E-state index in [0.717, 1.165) is 49.0 Å². The lowest BCUT2D eigenvalue weighted by molar-refractivity contribution is -0.119. The molecule has 0 spiro atoms. The van der Waals surface area contributed by atoms with Crippen molar-refractivity contribution in [3.05, 3.63) is 77.9 Å². The zero-order valence-corrected chi connectivity index (χ0v) is 21.8. The van der Waals surface area contributed by atoms with Crippen molar-refractivity contribution in [2.75, 3.05) is 11.4 Å². The summed E-state index contributed by atoms with van der Waals surface area (Å²) in [6.07, 6.45) is 4.58. The lowest BCUT2D eigenvalue weighted by Gasteiger charge is -2.45. The summed E-state index contributed by atoms with van der Waals surface area (Å²) in [6.45, 7) is 4.29. The first kappa shape index (κ1) is 24.8. The monoisotopic (exact) mass is 529 g/mol. The molecule has 38 heavy (non-hydrogen) atoms. The molecule has 0 radical (unpaired) electrons. The average molecular weight is 530 g/mol. The molecule has 4 N–H and O–H groups in total. The molecule has 4 amide bonds. The molecule has 2 saturated heterocycles. The van der Waals surface area contributed by atoms with Gasteiger partial charge in [-0.1, -0.05) is 60.8 Å². The van der Waals surface area contributed by atoms with Gasteiger partial charge in [0.15, 0.2) is 0 Å². The van der Waals surface area contributed by atoms with Crippen LogP contribution in [0.2, 0.25) is 0 Å². The molecule has 1 aliphatic carbocycles. The third kappa shape index (κ3) is 4.50. The van der Waals surface area contributed by atoms with Crippen LogP contribution in [0.15, 0.2) is 77.9 Å². The van der Waals surface area contributed by atoms with Crippen LogP contribution in [0.3, 0.4) is 0 Å². The normalized spacial score (nSPS) is 27.9. The van der Waals surface area contributed by atoms with Gasteiger partial charge in [0.05, 0.1) is 16.3 Å². The molecule has 3 unspecified atom stereocenters. The van der Waals surface area contributed by atoms with Gasteiger partial charge in [-0.05, 0) is 61.6 Å². The molecular formula is C29H31N5O3S. The number of rotatable bonds is 6. The number of carbonyl (C=O) groups is 3. The Morgan fingerprint density at radius 1 is 1.00 bits per heavy atom. The molecule has 2 aromatic carbocycles. The first-order valence-corrected chi connectivity index (χ1v) is 14.0. The number of nitrogens with zero attached hydrogens (tertiary/aromatic N) is 1. The van der Waals surface area contributed by atoms with Gasteiger partial charge in [-0.15, -0.1) is 0 Å². The average Bonchev–Trinajstić information content (AvgIpc) is 3.54. The molecule has 3 fully saturated rings. The standard InChI is InChI=1S/C29H31N5O3S/c1-2-23(35)31-20-12-7-13-21(20)32-27(36)26-25-24-22(14-15-30-28(24)38-26)34(29(37)33-25)19-11-6-10-18(16-19)17-8-4-3-5-9-17/h2-6,8-11,16,20-22,24,28,30H,1,7,12-15H2,(H,31,35)(H,32,36)(H,33,37)/t20-,21+,22?,24?,28?/m0/s1. The van der Waals surface area contributed by atoms with Crippen LogP contribution < -0.4 is 26.2 Å². The Morgan fingerprint density at radius 2 is 1.76 bits per heavy atom. The van der Waals surface area contributed by atoms with Crippen LogP contribution in [0.5, 0.6) is 0 Å². The second kappa shape index (κ2) is 10.3. The van der Waals surface area contributed by atoms with Crippen molar-refractivity contribution in [2.45, 2.75) is 49.2 Å². The summed E-state index contributed by atoms with van der Waals surface area (Å²) >= 11 is 1.49. The van der Waals surface area contributed by atoms with Gasteiger partial charge < -0.3 is 21.3 Å². The highest BCUT2D eigenvalue weighted by molar-refractivity contribution is 8.04. The number of piperidine rings is 1. The quantitative estimate of drug-likeness (QED) is 0.429. The Hall–Kier alpha value is -3.56. The molecule has 196 valence electrons. The predicted molar refractivity (Wildman–Crippen MR) is 149 cm³/mol. The van der Waals surface area contributed by atoms with E-state index in [1.807, 2.05) is 35.2 Å². The summed E-state index contributed by atoms with van der Waals surface area (Å²) in [5.41, 5.74) is 3.71. The third-order valence-electron chi connectivity index (χ3n) is 7.92. The summed E-state index contributed by atoms with van der Waals surface area (Å²) in [5.74, 6) is -0.445. The van der Waals surface area contributed by atoms with Crippen molar-refractivity contribution >= 4 is 35.3 Å². The van der Waals surface area contributed by atoms with Crippen LogP contribution in [0, 0.1) is 5.92 Å². The van der Waals surface area contributed by atoms with E-state index < -0.39 is 0 Å². The Balaban J connectivity index is 1.26. The third-order valence-corrected chi connectivity index (χ3v) is 9.28. The molecule has 9 heteroatoms. The number of anilines is 1. The summed E-state index contributed by atoms with van der Waals surface area (Å²) in [5, 5.41) is 12.7. The highest BCUT2D eigenvalue weighted by Crippen LogP contribution is 2.48. The van der Waals surface area contributed by atoms with E-state index >= 15 is 0 Å². The molecular weight excluding hydrogens is 498 g/mol. The summed E-state index contributed by atoms with van der Waals surface area (Å²) in [4.78, 5) is 41.3. The minimum atomic E-state index is -0.234. The van der Waals surface area contributed by atoms with Crippen molar-refractivity contribution in [1.29, 1.82) is 0 Å². The zero-order chi connectivity index (χ0) is 26.2. The molecule has 3 aliphatic heterocycles. The first-order chi connectivity index (χ1) is 18.5. The van der Waals surface area contributed by atoms with Gasteiger partial charge in [0.1, 0.15) is 0 Å². The van der Waals surface area contributed by atoms with Crippen LogP contribution in [-0.4, -0.2) is 47.9 Å². The minimum Gasteiger partial charge on any atom is -0.348 e. The van der Waals surface area contributed by atoms with E-state index in [1.54, 1.807) is 0 Å². The van der Waals surface area contributed by atoms with Gasteiger partial charge in [0.25, 0.3) is 5.91 Å². The number of hydrogen-bond acceptors (Lipinski definition) is 5. The van der Waals surface area contributed by atoms with Crippen LogP contribution in [0.1, 0.15) is 25.7 Å². The fourth-order valence-electron chi connectivity index (χ4n) is 6.17. The molecule has 0 bridgehead atoms. The van der Waals surface area contributed by atoms with E-state index in [0.29, 0.717) is 10.6 Å². The molecule has 4 aliphatic rings. The summed E-state index contributed by atoms with van der Waals surface area (Å²) in [7, 11) is 0. The topological polar surface area (TPSA) is 103 Å². The lowest BCUT2D eigenvalue weighted by Crippen LogP contribution is -2.62. The summed E-state index contributed by atoms with van der Waals surface area (Å²) < 4.78 is 0. The van der Waals surface area contributed by atoms with Crippen molar-refractivity contribution in [2.24, 2.45) is 5.92 Å². The highest BCUT2D eigenvalue weighted by Gasteiger charge is 2.52. The van der Waals surface area contributed by atoms with E-state index in [4.69, 9.17) is 0 Å². The number of amides is 4. The molecule has 8 nitrogen and oxygen atoms in total. The van der Waals surface area contributed by atoms with Gasteiger partial charge >= 0.3 is 6.03 Å². The number of urea groups is 1. The maximum Gasteiger partial charge on any atom is 0.326 e. The number of nitrogens with one attached hydrogen (secondary N) is 4. The van der Waals surface area contributed by atoms with Crippen LogP contribution in [0.25, 0.3) is 11.1 Å². The van der Waals surface area contributed by atoms with Gasteiger partial charge in [-0.2, -0.15) is 0 Å². The molecule has 5 atom stereocenters. The van der Waals surface area contributed by atoms with E-state index in [-0.39, 0.29) is 47.3 Å². The number of hydrogen-bond donors (Lipinski definition) is 4. The largest absolute Gasteiger partial charge is 0.348 e. The maximum atomic E-state index is 13.6. The number of carbonyl (C=O) groups excluding carboxylic acids is 3. The van der Waals surface area contributed by atoms with E-state index in [9.17, 15) is 14.4 Å². The second-order valence-corrected chi connectivity index (χ2v) is 11.3. The smallest absolute Gasteiger partial charge is 0.326 e. The maximum absolute atomic E-state index is 13.6. The van der Waals surface area contributed by atoms with Gasteiger partial charge in [-0.25, -0.2) is 4.79 Å². The molecule has 2 aromatic rings. The Bertz CT molecular complexity index is 1310. The Morgan fingerprint density at radius 3 is 2.55 bits per heavy atom. The molecule has 0 aromatic heterocycles. The zero-order valence-electron chi connectivity index (χ0n) is 21.0. The van der Waals surface area contributed by atoms with Crippen molar-refractivity contribution in [3.63, 3.8) is 0 Å². The predicted octanol–water partition coefficient (Wildman–Crippen LogP) is 3.49. The van der Waals surface area contributed by atoms with Crippen LogP contribution >= 0.6 is 11.8 Å². The molecule has 1 saturated carbocycles. The highest BCUT2D eigenvalue weighted by atomic mass is 32.2. The van der Waals surface area contributed by atoms with Crippen LogP contribution in [0.4, 0.5) is 10.5 Å². The van der Waals surface area contributed by atoms with Crippen molar-refractivity contribution < 1.29 is 14.4 Å². The van der Waals surface area contributed by atoms with Crippen LogP contribution in [-0.2, 0) is 9.59 Å². The minimum absolute atomic E-state index is 0.00440. The molecule has 6 rings (SSSR count). The number of benzene rings is 2. The second-order valence-electron chi connectivity index (χ2n) is 10.2. The van der Waals surface area contributed by atoms with Crippen molar-refractivity contribution in [1.82, 2.24) is 21.3 Å². The Labute approximate surface area is 226 Å². The van der Waals surface area contributed by atoms with E-state index in [1.165, 1.54) is 17.8 Å². The first-order valence-electron chi connectivity index (χ1n) is 13.2. The van der Waals surface area contributed by atoms with Gasteiger partial charge in [0, 0.05) is 29.4 Å². The van der Waals surface area contributed by atoms with Gasteiger partial charge in [0.2, 0.25) is 5.91 Å². The summed E-state index contributed by atoms with van der Waals surface area (Å²) in [6, 6.07) is 17.7. The van der Waals surface area contributed by atoms with E-state index in [2.05, 4.69) is 52.1 Å². The van der Waals surface area contributed by atoms with Gasteiger partial charge in [-0.3, -0.25) is 14.5 Å². The number of thioether (sulfide) groups is 1. The lowest BCUT2D eigenvalue weighted by atomic mass is 9.86. The fraction of sp³-hybridized carbons (Fsp3) is 0.345. The Kier molecular flexibility index (Phi) is 6.71. The van der Waals surface area contributed by atoms with Crippen molar-refractivity contribution in [3.8, 4) is 11.1 Å².